The van der Waals surface area contributed by atoms with E-state index in [4.69, 9.17) is 14.9 Å². The molecule has 0 bridgehead atoms. The van der Waals surface area contributed by atoms with Crippen molar-refractivity contribution in [2.75, 3.05) is 24.7 Å². The number of rotatable bonds is 6. The largest absolute Gasteiger partial charge is 0.431 e. The number of benzene rings is 1. The lowest BCUT2D eigenvalue weighted by Crippen LogP contribution is -2.04. The Morgan fingerprint density at radius 1 is 1.44 bits per heavy atom. The molecule has 1 aromatic heterocycles. The predicted octanol–water partition coefficient (Wildman–Crippen LogP) is 3.17. The van der Waals surface area contributed by atoms with Crippen LogP contribution in [-0.2, 0) is 4.74 Å². The molecule has 1 aromatic carbocycles. The molecule has 2 rings (SSSR count). The van der Waals surface area contributed by atoms with Crippen molar-refractivity contribution in [2.45, 2.75) is 19.1 Å². The molecule has 0 aliphatic carbocycles. The van der Waals surface area contributed by atoms with Crippen LogP contribution < -0.4 is 5.73 Å². The van der Waals surface area contributed by atoms with Crippen LogP contribution in [0.15, 0.2) is 27.8 Å². The van der Waals surface area contributed by atoms with Gasteiger partial charge in [-0.05, 0) is 18.1 Å². The fraction of sp³-hybridized carbons (Fsp3) is 0.462. The van der Waals surface area contributed by atoms with Crippen LogP contribution in [0.2, 0.25) is 0 Å². The van der Waals surface area contributed by atoms with Crippen LogP contribution in [0.3, 0.4) is 0 Å². The Bertz CT molecular complexity index is 511. The molecule has 0 aliphatic heterocycles. The van der Waals surface area contributed by atoms with Crippen molar-refractivity contribution >= 4 is 28.5 Å². The smallest absolute Gasteiger partial charge is 0.256 e. The summed E-state index contributed by atoms with van der Waals surface area (Å²) in [5.41, 5.74) is 7.96. The third-order valence-corrected chi connectivity index (χ3v) is 3.09. The van der Waals surface area contributed by atoms with E-state index < -0.39 is 0 Å². The van der Waals surface area contributed by atoms with Gasteiger partial charge in [-0.25, -0.2) is 4.98 Å². The fourth-order valence-electron chi connectivity index (χ4n) is 1.49. The van der Waals surface area contributed by atoms with Crippen LogP contribution in [0.4, 0.5) is 5.69 Å². The quantitative estimate of drug-likeness (QED) is 0.494. The minimum absolute atomic E-state index is 0.572. The number of oxazole rings is 1. The Morgan fingerprint density at radius 2 is 2.28 bits per heavy atom. The highest BCUT2D eigenvalue weighted by Crippen LogP contribution is 2.24. The Morgan fingerprint density at radius 3 is 3.06 bits per heavy atom. The number of hydrogen-bond donors (Lipinski definition) is 1. The van der Waals surface area contributed by atoms with Gasteiger partial charge in [0, 0.05) is 24.1 Å². The minimum Gasteiger partial charge on any atom is -0.431 e. The van der Waals surface area contributed by atoms with Crippen LogP contribution in [0.5, 0.6) is 0 Å². The van der Waals surface area contributed by atoms with Crippen molar-refractivity contribution in [1.29, 1.82) is 0 Å². The van der Waals surface area contributed by atoms with Crippen molar-refractivity contribution in [2.24, 2.45) is 5.92 Å². The summed E-state index contributed by atoms with van der Waals surface area (Å²) in [6, 6.07) is 5.49. The zero-order valence-corrected chi connectivity index (χ0v) is 11.5. The number of nitrogens with two attached hydrogens (primary N) is 1. The third kappa shape index (κ3) is 3.65. The number of thioether (sulfide) groups is 1. The number of hydrogen-bond acceptors (Lipinski definition) is 5. The second kappa shape index (κ2) is 6.11. The summed E-state index contributed by atoms with van der Waals surface area (Å²) in [6.07, 6.45) is 0. The molecular weight excluding hydrogens is 248 g/mol. The van der Waals surface area contributed by atoms with E-state index in [9.17, 15) is 0 Å². The summed E-state index contributed by atoms with van der Waals surface area (Å²) in [5, 5.41) is 0.670. The molecule has 2 aromatic rings. The molecule has 2 N–H and O–H groups in total. The Balaban J connectivity index is 1.84. The summed E-state index contributed by atoms with van der Waals surface area (Å²) in [7, 11) is 0. The lowest BCUT2D eigenvalue weighted by atomic mass is 10.2. The van der Waals surface area contributed by atoms with E-state index >= 15 is 0 Å². The lowest BCUT2D eigenvalue weighted by molar-refractivity contribution is 0.124. The SMILES string of the molecule is CC(C)COCCSc1nc2ccc(N)cc2o1. The Kier molecular flexibility index (Phi) is 4.49. The molecule has 4 nitrogen and oxygen atoms in total. The van der Waals surface area contributed by atoms with Gasteiger partial charge in [-0.1, -0.05) is 25.6 Å². The first kappa shape index (κ1) is 13.2. The van der Waals surface area contributed by atoms with Gasteiger partial charge in [-0.3, -0.25) is 0 Å². The van der Waals surface area contributed by atoms with Gasteiger partial charge in [0.15, 0.2) is 5.58 Å². The highest BCUT2D eigenvalue weighted by atomic mass is 32.2. The normalized spacial score (nSPS) is 11.5. The molecule has 1 heterocycles. The summed E-state index contributed by atoms with van der Waals surface area (Å²) in [6.45, 7) is 5.78. The number of nitrogens with zero attached hydrogens (tertiary/aromatic N) is 1. The van der Waals surface area contributed by atoms with E-state index in [1.54, 1.807) is 17.8 Å². The molecule has 98 valence electrons. The number of anilines is 1. The van der Waals surface area contributed by atoms with E-state index in [2.05, 4.69) is 18.8 Å². The van der Waals surface area contributed by atoms with Crippen LogP contribution in [0.1, 0.15) is 13.8 Å². The molecule has 0 fully saturated rings. The highest BCUT2D eigenvalue weighted by molar-refractivity contribution is 7.99. The van der Waals surface area contributed by atoms with Crippen molar-refractivity contribution in [1.82, 2.24) is 4.98 Å². The van der Waals surface area contributed by atoms with Crippen molar-refractivity contribution in [3.8, 4) is 0 Å². The molecule has 18 heavy (non-hydrogen) atoms. The first-order valence-corrected chi connectivity index (χ1v) is 7.00. The maximum absolute atomic E-state index is 5.69. The van der Waals surface area contributed by atoms with Crippen LogP contribution in [0.25, 0.3) is 11.1 Å². The van der Waals surface area contributed by atoms with Gasteiger partial charge in [-0.2, -0.15) is 0 Å². The highest BCUT2D eigenvalue weighted by Gasteiger charge is 2.06. The topological polar surface area (TPSA) is 61.3 Å². The second-order valence-electron chi connectivity index (χ2n) is 4.52. The van der Waals surface area contributed by atoms with Crippen molar-refractivity contribution in [3.63, 3.8) is 0 Å². The third-order valence-electron chi connectivity index (χ3n) is 2.30. The number of nitrogen functional groups attached to an aromatic ring is 1. The number of aromatic nitrogens is 1. The summed E-state index contributed by atoms with van der Waals surface area (Å²) in [4.78, 5) is 4.37. The van der Waals surface area contributed by atoms with Gasteiger partial charge < -0.3 is 14.9 Å². The van der Waals surface area contributed by atoms with Gasteiger partial charge in [0.05, 0.1) is 6.61 Å². The van der Waals surface area contributed by atoms with Gasteiger partial charge >= 0.3 is 0 Å². The molecule has 0 saturated heterocycles. The van der Waals surface area contributed by atoms with Crippen LogP contribution >= 0.6 is 11.8 Å². The maximum Gasteiger partial charge on any atom is 0.256 e. The van der Waals surface area contributed by atoms with Crippen LogP contribution in [-0.4, -0.2) is 24.0 Å². The average molecular weight is 266 g/mol. The van der Waals surface area contributed by atoms with Gasteiger partial charge in [-0.15, -0.1) is 0 Å². The first-order valence-electron chi connectivity index (χ1n) is 6.02. The Hall–Kier alpha value is -1.20. The van der Waals surface area contributed by atoms with Gasteiger partial charge in [0.1, 0.15) is 5.52 Å². The molecule has 5 heteroatoms. The Labute approximate surface area is 111 Å². The zero-order valence-electron chi connectivity index (χ0n) is 10.7. The van der Waals surface area contributed by atoms with Crippen molar-refractivity contribution < 1.29 is 9.15 Å². The monoisotopic (exact) mass is 266 g/mol. The molecule has 0 radical (unpaired) electrons. The standard InChI is InChI=1S/C13H18N2O2S/c1-9(2)8-16-5-6-18-13-15-11-4-3-10(14)7-12(11)17-13/h3-4,7,9H,5-6,8,14H2,1-2H3. The molecule has 0 atom stereocenters. The van der Waals surface area contributed by atoms with Gasteiger partial charge in [0.25, 0.3) is 5.22 Å². The number of fused-ring (bicyclic) bond motifs is 1. The minimum atomic E-state index is 0.572. The molecule has 0 aliphatic rings. The zero-order chi connectivity index (χ0) is 13.0. The summed E-state index contributed by atoms with van der Waals surface area (Å²) < 4.78 is 11.1. The number of ether oxygens (including phenoxy) is 1. The molecule has 0 spiro atoms. The van der Waals surface area contributed by atoms with Crippen LogP contribution in [0, 0.1) is 5.92 Å². The molecule has 0 saturated carbocycles. The second-order valence-corrected chi connectivity index (χ2v) is 5.57. The van der Waals surface area contributed by atoms with E-state index in [1.165, 1.54) is 0 Å². The predicted molar refractivity (Wildman–Crippen MR) is 74.8 cm³/mol. The van der Waals surface area contributed by atoms with E-state index in [-0.39, 0.29) is 0 Å². The first-order chi connectivity index (χ1) is 8.65. The lowest BCUT2D eigenvalue weighted by Gasteiger charge is -2.04. The maximum atomic E-state index is 5.69. The van der Waals surface area contributed by atoms with E-state index in [0.29, 0.717) is 23.4 Å². The molecular formula is C13H18N2O2S. The van der Waals surface area contributed by atoms with E-state index in [0.717, 1.165) is 23.5 Å². The molecule has 0 amide bonds. The summed E-state index contributed by atoms with van der Waals surface area (Å²) in [5.74, 6) is 1.41. The average Bonchev–Trinajstić information content (AvgIpc) is 2.70. The van der Waals surface area contributed by atoms with E-state index in [1.807, 2.05) is 12.1 Å². The summed E-state index contributed by atoms with van der Waals surface area (Å²) >= 11 is 1.56. The van der Waals surface area contributed by atoms with Crippen molar-refractivity contribution in [3.05, 3.63) is 18.2 Å². The van der Waals surface area contributed by atoms with Gasteiger partial charge in [0.2, 0.25) is 0 Å². The fourth-order valence-corrected chi connectivity index (χ4v) is 2.18. The molecule has 0 unspecified atom stereocenters.